The maximum absolute atomic E-state index is 12.8. The molecule has 7 heteroatoms. The maximum atomic E-state index is 12.8. The number of para-hydroxylation sites is 1. The van der Waals surface area contributed by atoms with Gasteiger partial charge in [-0.05, 0) is 12.1 Å². The lowest BCUT2D eigenvalue weighted by Gasteiger charge is -2.30. The van der Waals surface area contributed by atoms with E-state index in [9.17, 15) is 4.79 Å². The molecular formula is C24H26N4O2S. The molecule has 1 amide bonds. The Hall–Kier alpha value is -2.61. The van der Waals surface area contributed by atoms with Gasteiger partial charge in [0, 0.05) is 43.5 Å². The molecule has 2 aliphatic heterocycles. The molecule has 2 fully saturated rings. The lowest BCUT2D eigenvalue weighted by Crippen LogP contribution is -2.42. The standard InChI is InChI=1S/C24H26N4O2S/c29-22-18-31-24(27(22)12-11-26-13-15-30-16-14-26)21-17-28(20-9-5-2-6-10-20)25-23(21)19-7-3-1-4-8-19/h1-10,17,24H,11-16,18H2/t24-/m1/s1. The summed E-state index contributed by atoms with van der Waals surface area (Å²) in [5.74, 6) is 0.716. The highest BCUT2D eigenvalue weighted by molar-refractivity contribution is 8.00. The van der Waals surface area contributed by atoms with Crippen molar-refractivity contribution in [2.45, 2.75) is 5.37 Å². The van der Waals surface area contributed by atoms with Crippen molar-refractivity contribution in [1.29, 1.82) is 0 Å². The van der Waals surface area contributed by atoms with Crippen LogP contribution < -0.4 is 0 Å². The minimum Gasteiger partial charge on any atom is -0.379 e. The van der Waals surface area contributed by atoms with Crippen LogP contribution in [-0.4, -0.2) is 70.6 Å². The lowest BCUT2D eigenvalue weighted by molar-refractivity contribution is -0.128. The van der Waals surface area contributed by atoms with Gasteiger partial charge in [0.05, 0.1) is 30.3 Å². The van der Waals surface area contributed by atoms with Gasteiger partial charge in [-0.1, -0.05) is 48.5 Å². The Morgan fingerprint density at radius 1 is 0.968 bits per heavy atom. The molecule has 0 N–H and O–H groups in total. The van der Waals surface area contributed by atoms with Crippen molar-refractivity contribution in [2.75, 3.05) is 45.1 Å². The van der Waals surface area contributed by atoms with Gasteiger partial charge in [-0.3, -0.25) is 9.69 Å². The summed E-state index contributed by atoms with van der Waals surface area (Å²) in [5.41, 5.74) is 4.11. The molecule has 2 aliphatic rings. The Morgan fingerprint density at radius 2 is 1.68 bits per heavy atom. The van der Waals surface area contributed by atoms with Crippen molar-refractivity contribution in [3.8, 4) is 16.9 Å². The van der Waals surface area contributed by atoms with Crippen LogP contribution in [-0.2, 0) is 9.53 Å². The third-order valence-electron chi connectivity index (χ3n) is 5.81. The smallest absolute Gasteiger partial charge is 0.233 e. The summed E-state index contributed by atoms with van der Waals surface area (Å²) in [6.07, 6.45) is 2.09. The van der Waals surface area contributed by atoms with Crippen molar-refractivity contribution in [2.24, 2.45) is 0 Å². The Morgan fingerprint density at radius 3 is 2.42 bits per heavy atom. The molecule has 0 spiro atoms. The van der Waals surface area contributed by atoms with E-state index in [-0.39, 0.29) is 11.3 Å². The molecule has 0 aliphatic carbocycles. The topological polar surface area (TPSA) is 50.6 Å². The summed E-state index contributed by atoms with van der Waals surface area (Å²) in [6.45, 7) is 5.01. The van der Waals surface area contributed by atoms with E-state index >= 15 is 0 Å². The number of hydrogen-bond acceptors (Lipinski definition) is 5. The van der Waals surface area contributed by atoms with Crippen LogP contribution in [0, 0.1) is 0 Å². The molecule has 3 aromatic rings. The number of benzene rings is 2. The van der Waals surface area contributed by atoms with E-state index in [1.165, 1.54) is 0 Å². The summed E-state index contributed by atoms with van der Waals surface area (Å²) >= 11 is 1.70. The van der Waals surface area contributed by atoms with Crippen molar-refractivity contribution in [3.05, 3.63) is 72.4 Å². The molecule has 31 heavy (non-hydrogen) atoms. The second-order valence-electron chi connectivity index (χ2n) is 7.78. The van der Waals surface area contributed by atoms with Gasteiger partial charge in [0.15, 0.2) is 0 Å². The van der Waals surface area contributed by atoms with Gasteiger partial charge in [0.1, 0.15) is 5.37 Å². The molecule has 0 saturated carbocycles. The van der Waals surface area contributed by atoms with E-state index in [0.717, 1.165) is 61.9 Å². The number of carbonyl (C=O) groups excluding carboxylic acids is 1. The van der Waals surface area contributed by atoms with Crippen LogP contribution in [0.1, 0.15) is 10.9 Å². The highest BCUT2D eigenvalue weighted by atomic mass is 32.2. The zero-order chi connectivity index (χ0) is 21.0. The molecule has 5 rings (SSSR count). The van der Waals surface area contributed by atoms with Crippen molar-refractivity contribution in [3.63, 3.8) is 0 Å². The minimum absolute atomic E-state index is 0.0267. The van der Waals surface area contributed by atoms with Gasteiger partial charge in [0.25, 0.3) is 0 Å². The third-order valence-corrected chi connectivity index (χ3v) is 7.04. The molecule has 1 aromatic heterocycles. The average molecular weight is 435 g/mol. The number of rotatable bonds is 6. The van der Waals surface area contributed by atoms with Crippen LogP contribution in [0.3, 0.4) is 0 Å². The van der Waals surface area contributed by atoms with E-state index in [4.69, 9.17) is 9.84 Å². The number of morpholine rings is 1. The van der Waals surface area contributed by atoms with Crippen molar-refractivity contribution < 1.29 is 9.53 Å². The zero-order valence-electron chi connectivity index (χ0n) is 17.4. The van der Waals surface area contributed by atoms with Gasteiger partial charge in [-0.25, -0.2) is 4.68 Å². The summed E-state index contributed by atoms with van der Waals surface area (Å²) in [5, 5.41) is 4.92. The van der Waals surface area contributed by atoms with Crippen LogP contribution in [0.2, 0.25) is 0 Å². The highest BCUT2D eigenvalue weighted by Crippen LogP contribution is 2.42. The predicted octanol–water partition coefficient (Wildman–Crippen LogP) is 3.45. The maximum Gasteiger partial charge on any atom is 0.233 e. The Balaban J connectivity index is 1.47. The monoisotopic (exact) mass is 434 g/mol. The lowest BCUT2D eigenvalue weighted by atomic mass is 10.1. The van der Waals surface area contributed by atoms with Crippen LogP contribution in [0.15, 0.2) is 66.9 Å². The van der Waals surface area contributed by atoms with E-state index in [0.29, 0.717) is 5.75 Å². The first-order chi connectivity index (χ1) is 15.3. The molecule has 0 unspecified atom stereocenters. The van der Waals surface area contributed by atoms with Crippen molar-refractivity contribution in [1.82, 2.24) is 19.6 Å². The first-order valence-electron chi connectivity index (χ1n) is 10.7. The SMILES string of the molecule is O=C1CS[C@H](c2cn(-c3ccccc3)nc2-c2ccccc2)N1CCN1CCOCC1. The number of amides is 1. The number of carbonyl (C=O) groups is 1. The fourth-order valence-electron chi connectivity index (χ4n) is 4.13. The summed E-state index contributed by atoms with van der Waals surface area (Å²) in [7, 11) is 0. The zero-order valence-corrected chi connectivity index (χ0v) is 18.2. The fourth-order valence-corrected chi connectivity index (χ4v) is 5.35. The summed E-state index contributed by atoms with van der Waals surface area (Å²) in [4.78, 5) is 17.2. The normalized spacial score (nSPS) is 19.8. The van der Waals surface area contributed by atoms with Gasteiger partial charge < -0.3 is 9.64 Å². The predicted molar refractivity (Wildman–Crippen MR) is 123 cm³/mol. The molecule has 2 saturated heterocycles. The van der Waals surface area contributed by atoms with Crippen LogP contribution >= 0.6 is 11.8 Å². The second-order valence-corrected chi connectivity index (χ2v) is 8.85. The summed E-state index contributed by atoms with van der Waals surface area (Å²) in [6, 6.07) is 20.4. The summed E-state index contributed by atoms with van der Waals surface area (Å²) < 4.78 is 7.39. The number of thioether (sulfide) groups is 1. The minimum atomic E-state index is -0.0267. The van der Waals surface area contributed by atoms with Crippen LogP contribution in [0.5, 0.6) is 0 Å². The number of ether oxygens (including phenoxy) is 1. The first-order valence-corrected chi connectivity index (χ1v) is 11.8. The second kappa shape index (κ2) is 9.26. The van der Waals surface area contributed by atoms with Crippen LogP contribution in [0.25, 0.3) is 16.9 Å². The quantitative estimate of drug-likeness (QED) is 0.595. The molecule has 2 aromatic carbocycles. The number of aromatic nitrogens is 2. The molecule has 6 nitrogen and oxygen atoms in total. The third kappa shape index (κ3) is 4.39. The Bertz CT molecular complexity index is 1020. The first kappa shape index (κ1) is 20.3. The fraction of sp³-hybridized carbons (Fsp3) is 0.333. The molecule has 3 heterocycles. The number of hydrogen-bond donors (Lipinski definition) is 0. The Labute approximate surface area is 186 Å². The molecule has 0 radical (unpaired) electrons. The van der Waals surface area contributed by atoms with Gasteiger partial charge >= 0.3 is 0 Å². The van der Waals surface area contributed by atoms with E-state index in [1.54, 1.807) is 11.8 Å². The van der Waals surface area contributed by atoms with Crippen LogP contribution in [0.4, 0.5) is 0 Å². The van der Waals surface area contributed by atoms with Gasteiger partial charge in [0.2, 0.25) is 5.91 Å². The van der Waals surface area contributed by atoms with E-state index in [1.807, 2.05) is 46.0 Å². The average Bonchev–Trinajstić information content (AvgIpc) is 3.43. The molecular weight excluding hydrogens is 408 g/mol. The molecule has 0 bridgehead atoms. The van der Waals surface area contributed by atoms with Gasteiger partial charge in [-0.15, -0.1) is 11.8 Å². The van der Waals surface area contributed by atoms with E-state index < -0.39 is 0 Å². The van der Waals surface area contributed by atoms with Crippen molar-refractivity contribution >= 4 is 17.7 Å². The molecule has 160 valence electrons. The number of nitrogens with zero attached hydrogens (tertiary/aromatic N) is 4. The Kier molecular flexibility index (Phi) is 6.06. The highest BCUT2D eigenvalue weighted by Gasteiger charge is 2.36. The van der Waals surface area contributed by atoms with E-state index in [2.05, 4.69) is 35.4 Å². The largest absolute Gasteiger partial charge is 0.379 e. The van der Waals surface area contributed by atoms with Gasteiger partial charge in [-0.2, -0.15) is 5.10 Å². The molecule has 1 atom stereocenters.